The molecule has 0 amide bonds. The van der Waals surface area contributed by atoms with Crippen LogP contribution in [0.3, 0.4) is 0 Å². The molecule has 334 valence electrons. The molecule has 0 radical (unpaired) electrons. The first-order valence-corrected chi connectivity index (χ1v) is 19.9. The lowest BCUT2D eigenvalue weighted by molar-refractivity contribution is -0.385. The molecule has 3 fully saturated rings. The molecule has 0 unspecified atom stereocenters. The van der Waals surface area contributed by atoms with Crippen molar-refractivity contribution in [3.63, 3.8) is 0 Å². The minimum atomic E-state index is -2.86. The first kappa shape index (κ1) is 45.6. The molecule has 1 saturated heterocycles. The summed E-state index contributed by atoms with van der Waals surface area (Å²) < 4.78 is 55.5. The average Bonchev–Trinajstić information content (AvgIpc) is 3.42. The zero-order valence-corrected chi connectivity index (χ0v) is 35.6. The SMILES string of the molecule is CC(=O)OC[C@]12[C@H](OC(C)=O)[C@@H](OC(C)=O)[C@@H]3[C@@H](OC(C)=O)[C@@]14O[C@@]3(C)COC(=O)c1cccnc1[C@@H](C)[C@H](C)C(=O)O[C@@H]([C@H](OC(C)=O)[C@@H]2OC(=O)c1ccccc1)[C@]4(C)O. The molecule has 6 rings (SSSR count). The predicted molar refractivity (Wildman–Crippen MR) is 205 cm³/mol. The number of nitrogens with zero attached hydrogens (tertiary/aromatic N) is 1. The van der Waals surface area contributed by atoms with Crippen LogP contribution in [0.1, 0.15) is 94.6 Å². The van der Waals surface area contributed by atoms with Crippen molar-refractivity contribution in [3.8, 4) is 0 Å². The quantitative estimate of drug-likeness (QED) is 0.295. The Morgan fingerprint density at radius 3 is 1.92 bits per heavy atom. The number of cyclic esters (lactones) is 1. The van der Waals surface area contributed by atoms with Crippen molar-refractivity contribution in [2.75, 3.05) is 13.2 Å². The van der Waals surface area contributed by atoms with Crippen LogP contribution in [0.5, 0.6) is 0 Å². The number of carbonyl (C=O) groups excluding carboxylic acids is 8. The second kappa shape index (κ2) is 16.7. The van der Waals surface area contributed by atoms with Gasteiger partial charge in [-0.1, -0.05) is 32.0 Å². The number of ether oxygens (including phenoxy) is 9. The predicted octanol–water partition coefficient (Wildman–Crippen LogP) is 2.33. The first-order valence-electron chi connectivity index (χ1n) is 19.9. The summed E-state index contributed by atoms with van der Waals surface area (Å²) in [4.78, 5) is 114. The van der Waals surface area contributed by atoms with E-state index in [0.29, 0.717) is 0 Å². The smallest absolute Gasteiger partial charge is 0.340 e. The normalized spacial score (nSPS) is 36.0. The maximum absolute atomic E-state index is 14.6. The van der Waals surface area contributed by atoms with E-state index < -0.39 is 138 Å². The number of aromatic nitrogens is 1. The number of pyridine rings is 1. The Hall–Kier alpha value is -5.95. The molecule has 13 atom stereocenters. The van der Waals surface area contributed by atoms with Crippen LogP contribution in [-0.4, -0.2) is 124 Å². The van der Waals surface area contributed by atoms with Crippen molar-refractivity contribution in [1.29, 1.82) is 0 Å². The van der Waals surface area contributed by atoms with Crippen molar-refractivity contribution in [2.45, 2.75) is 122 Å². The van der Waals surface area contributed by atoms with Gasteiger partial charge in [-0.05, 0) is 38.1 Å². The molecule has 2 aliphatic heterocycles. The van der Waals surface area contributed by atoms with Gasteiger partial charge >= 0.3 is 47.8 Å². The van der Waals surface area contributed by atoms with Crippen molar-refractivity contribution in [1.82, 2.24) is 4.98 Å². The average molecular weight is 868 g/mol. The van der Waals surface area contributed by atoms with Gasteiger partial charge in [0.1, 0.15) is 42.0 Å². The van der Waals surface area contributed by atoms with Gasteiger partial charge in [-0.15, -0.1) is 0 Å². The van der Waals surface area contributed by atoms with Crippen molar-refractivity contribution >= 4 is 47.8 Å². The molecule has 19 nitrogen and oxygen atoms in total. The Morgan fingerprint density at radius 1 is 0.742 bits per heavy atom. The van der Waals surface area contributed by atoms with E-state index in [1.807, 2.05) is 0 Å². The molecular weight excluding hydrogens is 818 g/mol. The summed E-state index contributed by atoms with van der Waals surface area (Å²) in [5, 5.41) is 13.6. The fraction of sp³-hybridized carbons (Fsp3) is 0.558. The van der Waals surface area contributed by atoms with Crippen LogP contribution in [0, 0.1) is 17.3 Å². The summed E-state index contributed by atoms with van der Waals surface area (Å²) in [6.45, 7) is 8.69. The molecule has 62 heavy (non-hydrogen) atoms. The summed E-state index contributed by atoms with van der Waals surface area (Å²) in [5.74, 6) is -11.8. The topological polar surface area (TPSA) is 253 Å². The molecule has 1 spiro atoms. The van der Waals surface area contributed by atoms with E-state index in [2.05, 4.69) is 4.98 Å². The third kappa shape index (κ3) is 7.43. The molecule has 2 aromatic rings. The summed E-state index contributed by atoms with van der Waals surface area (Å²) in [6.07, 6.45) is -10.8. The van der Waals surface area contributed by atoms with Crippen LogP contribution in [-0.2, 0) is 71.4 Å². The van der Waals surface area contributed by atoms with E-state index in [-0.39, 0.29) is 16.8 Å². The minimum absolute atomic E-state index is 0.0487. The zero-order chi connectivity index (χ0) is 45.7. The Bertz CT molecular complexity index is 2160. The summed E-state index contributed by atoms with van der Waals surface area (Å²) in [5.41, 5.74) is -10.4. The number of carbonyl (C=O) groups is 8. The van der Waals surface area contributed by atoms with Gasteiger partial charge in [-0.25, -0.2) is 9.59 Å². The maximum atomic E-state index is 14.6. The van der Waals surface area contributed by atoms with Gasteiger partial charge in [0.15, 0.2) is 30.0 Å². The van der Waals surface area contributed by atoms with E-state index in [9.17, 15) is 43.5 Å². The van der Waals surface area contributed by atoms with E-state index in [1.54, 1.807) is 13.0 Å². The van der Waals surface area contributed by atoms with Crippen molar-refractivity contribution in [2.24, 2.45) is 17.3 Å². The van der Waals surface area contributed by atoms with Gasteiger partial charge in [0, 0.05) is 46.7 Å². The minimum Gasteiger partial charge on any atom is -0.465 e. The highest BCUT2D eigenvalue weighted by molar-refractivity contribution is 5.91. The second-order valence-corrected chi connectivity index (χ2v) is 16.5. The highest BCUT2D eigenvalue weighted by Crippen LogP contribution is 2.70. The third-order valence-corrected chi connectivity index (χ3v) is 12.4. The lowest BCUT2D eigenvalue weighted by Gasteiger charge is -2.67. The molecule has 4 bridgehead atoms. The van der Waals surface area contributed by atoms with Crippen LogP contribution >= 0.6 is 0 Å². The van der Waals surface area contributed by atoms with Gasteiger partial charge in [-0.3, -0.25) is 33.8 Å². The number of benzene rings is 1. The molecule has 2 saturated carbocycles. The van der Waals surface area contributed by atoms with Crippen LogP contribution in [0.2, 0.25) is 0 Å². The Kier molecular flexibility index (Phi) is 12.3. The lowest BCUT2D eigenvalue weighted by atomic mass is 9.45. The molecular formula is C43H49NO18. The van der Waals surface area contributed by atoms with Gasteiger partial charge < -0.3 is 47.7 Å². The largest absolute Gasteiger partial charge is 0.465 e. The first-order chi connectivity index (χ1) is 29.0. The lowest BCUT2D eigenvalue weighted by Crippen LogP contribution is -2.89. The molecule has 2 aliphatic carbocycles. The van der Waals surface area contributed by atoms with Crippen LogP contribution in [0.25, 0.3) is 0 Å². The molecule has 1 N–H and O–H groups in total. The number of esters is 8. The summed E-state index contributed by atoms with van der Waals surface area (Å²) >= 11 is 0. The van der Waals surface area contributed by atoms with Crippen LogP contribution in [0.15, 0.2) is 48.7 Å². The maximum Gasteiger partial charge on any atom is 0.340 e. The van der Waals surface area contributed by atoms with E-state index in [4.69, 9.17) is 42.6 Å². The molecule has 1 aromatic carbocycles. The Balaban J connectivity index is 1.81. The molecule has 19 heteroatoms. The van der Waals surface area contributed by atoms with E-state index in [1.165, 1.54) is 56.4 Å². The van der Waals surface area contributed by atoms with Gasteiger partial charge in [-0.2, -0.15) is 0 Å². The monoisotopic (exact) mass is 867 g/mol. The van der Waals surface area contributed by atoms with Crippen molar-refractivity contribution in [3.05, 3.63) is 65.5 Å². The second-order valence-electron chi connectivity index (χ2n) is 16.5. The summed E-state index contributed by atoms with van der Waals surface area (Å²) in [6, 6.07) is 10.3. The molecule has 4 aliphatic rings. The Labute approximate surface area is 355 Å². The van der Waals surface area contributed by atoms with Crippen LogP contribution < -0.4 is 0 Å². The van der Waals surface area contributed by atoms with Gasteiger partial charge in [0.2, 0.25) is 0 Å². The van der Waals surface area contributed by atoms with Gasteiger partial charge in [0.05, 0.1) is 28.7 Å². The fourth-order valence-corrected chi connectivity index (χ4v) is 9.83. The van der Waals surface area contributed by atoms with Crippen LogP contribution in [0.4, 0.5) is 0 Å². The third-order valence-electron chi connectivity index (χ3n) is 12.4. The zero-order valence-electron chi connectivity index (χ0n) is 35.6. The number of rotatable bonds is 8. The number of hydrogen-bond donors (Lipinski definition) is 1. The Morgan fingerprint density at radius 2 is 1.32 bits per heavy atom. The molecule has 3 heterocycles. The number of aliphatic hydroxyl groups is 1. The number of hydrogen-bond acceptors (Lipinski definition) is 19. The highest BCUT2D eigenvalue weighted by atomic mass is 16.7. The van der Waals surface area contributed by atoms with Gasteiger partial charge in [0.25, 0.3) is 0 Å². The highest BCUT2D eigenvalue weighted by Gasteiger charge is 2.92. The fourth-order valence-electron chi connectivity index (χ4n) is 9.83. The summed E-state index contributed by atoms with van der Waals surface area (Å²) in [7, 11) is 0. The standard InChI is InChI=1S/C43H49NO18/c1-20-21(2)37(50)60-34-32(57-24(5)47)36(61-38(51)27-14-11-10-12-15-27)42(19-54-22(3)45)35(59-26(7)49)31(56-23(4)46)29-33(58-25(6)48)43(42,41(34,9)53)62-40(29,8)18-55-39(52)28-16-13-17-44-30(20)28/h10-17,20-21,29,31-36,53H,18-19H2,1-9H3/t20-,21-,29+,31-,32-,33+,34-,35+,36-,40-,41-,42+,43-/m0/s1. The van der Waals surface area contributed by atoms with Crippen molar-refractivity contribution < 1.29 is 86.1 Å². The number of fused-ring (bicyclic) bond motifs is 5. The molecule has 1 aromatic heterocycles. The van der Waals surface area contributed by atoms with E-state index >= 15 is 0 Å². The van der Waals surface area contributed by atoms with E-state index in [0.717, 1.165) is 41.5 Å².